The lowest BCUT2D eigenvalue weighted by Crippen LogP contribution is -2.26. The van der Waals surface area contributed by atoms with E-state index in [9.17, 15) is 0 Å². The number of hydrogen-bond acceptors (Lipinski definition) is 2. The maximum atomic E-state index is 3.09. The lowest BCUT2D eigenvalue weighted by atomic mass is 10.3. The van der Waals surface area contributed by atoms with Gasteiger partial charge in [-0.25, -0.2) is 0 Å². The minimum atomic E-state index is 0.833. The molecule has 0 rings (SSSR count). The highest BCUT2D eigenvalue weighted by molar-refractivity contribution is 4.47. The third-order valence-electron chi connectivity index (χ3n) is 1.28. The minimum Gasteiger partial charge on any atom is -0.318 e. The van der Waals surface area contributed by atoms with Crippen molar-refractivity contribution >= 4 is 0 Å². The SMILES string of the molecule is CC(C)C.CCN(C)CCNC. The Morgan fingerprint density at radius 3 is 1.92 bits per heavy atom. The minimum absolute atomic E-state index is 0.833. The molecular formula is C10H26N2. The van der Waals surface area contributed by atoms with Gasteiger partial charge < -0.3 is 10.2 Å². The van der Waals surface area contributed by atoms with E-state index >= 15 is 0 Å². The van der Waals surface area contributed by atoms with Gasteiger partial charge in [-0.2, -0.15) is 0 Å². The molecule has 1 N–H and O–H groups in total. The Balaban J connectivity index is 0. The predicted molar refractivity (Wildman–Crippen MR) is 57.6 cm³/mol. The van der Waals surface area contributed by atoms with Gasteiger partial charge in [-0.15, -0.1) is 0 Å². The summed E-state index contributed by atoms with van der Waals surface area (Å²) in [4.78, 5) is 2.27. The first-order valence-corrected chi connectivity index (χ1v) is 4.87. The summed E-state index contributed by atoms with van der Waals surface area (Å²) in [5.41, 5.74) is 0. The van der Waals surface area contributed by atoms with E-state index in [2.05, 4.69) is 45.0 Å². The van der Waals surface area contributed by atoms with Crippen molar-refractivity contribution in [2.75, 3.05) is 33.7 Å². The van der Waals surface area contributed by atoms with Crippen LogP contribution >= 0.6 is 0 Å². The van der Waals surface area contributed by atoms with E-state index in [0.29, 0.717) is 0 Å². The van der Waals surface area contributed by atoms with Crippen molar-refractivity contribution in [1.29, 1.82) is 0 Å². The van der Waals surface area contributed by atoms with Crippen LogP contribution < -0.4 is 5.32 Å². The molecule has 0 spiro atoms. The molecule has 0 heterocycles. The van der Waals surface area contributed by atoms with Crippen molar-refractivity contribution in [2.24, 2.45) is 5.92 Å². The molecule has 2 heteroatoms. The Morgan fingerprint density at radius 1 is 1.25 bits per heavy atom. The van der Waals surface area contributed by atoms with Crippen molar-refractivity contribution in [3.8, 4) is 0 Å². The molecule has 0 aromatic rings. The van der Waals surface area contributed by atoms with Gasteiger partial charge in [0.2, 0.25) is 0 Å². The monoisotopic (exact) mass is 174 g/mol. The van der Waals surface area contributed by atoms with Crippen LogP contribution in [0.1, 0.15) is 27.7 Å². The fourth-order valence-electron chi connectivity index (χ4n) is 0.461. The fourth-order valence-corrected chi connectivity index (χ4v) is 0.461. The van der Waals surface area contributed by atoms with Gasteiger partial charge in [0.15, 0.2) is 0 Å². The van der Waals surface area contributed by atoms with Crippen molar-refractivity contribution in [3.63, 3.8) is 0 Å². The van der Waals surface area contributed by atoms with Gasteiger partial charge in [0.1, 0.15) is 0 Å². The average molecular weight is 174 g/mol. The van der Waals surface area contributed by atoms with Crippen LogP contribution in [-0.4, -0.2) is 38.6 Å². The summed E-state index contributed by atoms with van der Waals surface area (Å²) >= 11 is 0. The zero-order valence-corrected chi connectivity index (χ0v) is 9.65. The van der Waals surface area contributed by atoms with Crippen LogP contribution in [0.4, 0.5) is 0 Å². The smallest absolute Gasteiger partial charge is 0.0104 e. The molecule has 0 amide bonds. The van der Waals surface area contributed by atoms with E-state index in [1.165, 1.54) is 0 Å². The number of nitrogens with one attached hydrogen (secondary N) is 1. The lowest BCUT2D eigenvalue weighted by molar-refractivity contribution is 0.354. The van der Waals surface area contributed by atoms with E-state index in [-0.39, 0.29) is 0 Å². The highest BCUT2D eigenvalue weighted by Gasteiger charge is 1.88. The normalized spacial score (nSPS) is 10.0. The molecule has 0 aliphatic carbocycles. The van der Waals surface area contributed by atoms with Crippen molar-refractivity contribution in [3.05, 3.63) is 0 Å². The zero-order chi connectivity index (χ0) is 9.98. The average Bonchev–Trinajstić information content (AvgIpc) is 1.99. The Kier molecular flexibility index (Phi) is 13.1. The molecule has 0 aromatic heterocycles. The van der Waals surface area contributed by atoms with E-state index in [4.69, 9.17) is 0 Å². The number of rotatable bonds is 4. The van der Waals surface area contributed by atoms with E-state index < -0.39 is 0 Å². The van der Waals surface area contributed by atoms with E-state index in [1.807, 2.05) is 7.05 Å². The Bertz CT molecular complexity index is 69.5. The predicted octanol–water partition coefficient (Wildman–Crippen LogP) is 1.82. The molecule has 0 fully saturated rings. The first-order valence-electron chi connectivity index (χ1n) is 4.87. The van der Waals surface area contributed by atoms with Crippen LogP contribution in [0.2, 0.25) is 0 Å². The molecule has 12 heavy (non-hydrogen) atoms. The molecule has 0 radical (unpaired) electrons. The topological polar surface area (TPSA) is 15.3 Å². The summed E-state index contributed by atoms with van der Waals surface area (Å²) in [5, 5.41) is 3.09. The largest absolute Gasteiger partial charge is 0.318 e. The number of hydrogen-bond donors (Lipinski definition) is 1. The molecule has 2 nitrogen and oxygen atoms in total. The van der Waals surface area contributed by atoms with Crippen LogP contribution in [0.5, 0.6) is 0 Å². The van der Waals surface area contributed by atoms with Gasteiger partial charge in [-0.1, -0.05) is 27.7 Å². The fraction of sp³-hybridized carbons (Fsp3) is 1.00. The molecular weight excluding hydrogens is 148 g/mol. The Labute approximate surface area is 78.3 Å². The van der Waals surface area contributed by atoms with Crippen LogP contribution in [0.15, 0.2) is 0 Å². The summed E-state index contributed by atoms with van der Waals surface area (Å²) in [6.07, 6.45) is 0. The van der Waals surface area contributed by atoms with E-state index in [0.717, 1.165) is 25.6 Å². The first-order chi connectivity index (χ1) is 5.54. The second-order valence-electron chi connectivity index (χ2n) is 3.73. The molecule has 0 atom stereocenters. The molecule has 0 unspecified atom stereocenters. The summed E-state index contributed by atoms with van der Waals surface area (Å²) in [6, 6.07) is 0. The van der Waals surface area contributed by atoms with Crippen molar-refractivity contribution < 1.29 is 0 Å². The van der Waals surface area contributed by atoms with E-state index in [1.54, 1.807) is 0 Å². The molecule has 0 aromatic carbocycles. The molecule has 76 valence electrons. The second kappa shape index (κ2) is 10.9. The van der Waals surface area contributed by atoms with Gasteiger partial charge in [-0.05, 0) is 26.6 Å². The van der Waals surface area contributed by atoms with Gasteiger partial charge in [0, 0.05) is 13.1 Å². The van der Waals surface area contributed by atoms with Crippen LogP contribution in [0, 0.1) is 5.92 Å². The summed E-state index contributed by atoms with van der Waals surface area (Å²) in [7, 11) is 4.10. The third kappa shape index (κ3) is 22.5. The quantitative estimate of drug-likeness (QED) is 0.699. The van der Waals surface area contributed by atoms with Gasteiger partial charge in [-0.3, -0.25) is 0 Å². The summed E-state index contributed by atoms with van der Waals surface area (Å²) in [6.45, 7) is 12.0. The van der Waals surface area contributed by atoms with Gasteiger partial charge in [0.05, 0.1) is 0 Å². The molecule has 0 saturated heterocycles. The Hall–Kier alpha value is -0.0800. The highest BCUT2D eigenvalue weighted by Crippen LogP contribution is 1.81. The van der Waals surface area contributed by atoms with Gasteiger partial charge in [0.25, 0.3) is 0 Å². The molecule has 0 bridgehead atoms. The first kappa shape index (κ1) is 14.4. The van der Waals surface area contributed by atoms with Crippen LogP contribution in [0.3, 0.4) is 0 Å². The van der Waals surface area contributed by atoms with Gasteiger partial charge >= 0.3 is 0 Å². The van der Waals surface area contributed by atoms with Crippen LogP contribution in [0.25, 0.3) is 0 Å². The Morgan fingerprint density at radius 2 is 1.67 bits per heavy atom. The highest BCUT2D eigenvalue weighted by atomic mass is 15.1. The molecule has 0 aliphatic heterocycles. The zero-order valence-electron chi connectivity index (χ0n) is 9.65. The van der Waals surface area contributed by atoms with Crippen molar-refractivity contribution in [1.82, 2.24) is 10.2 Å². The second-order valence-corrected chi connectivity index (χ2v) is 3.73. The maximum absolute atomic E-state index is 3.09. The molecule has 0 aliphatic rings. The van der Waals surface area contributed by atoms with Crippen LogP contribution in [-0.2, 0) is 0 Å². The summed E-state index contributed by atoms with van der Waals surface area (Å²) < 4.78 is 0. The summed E-state index contributed by atoms with van der Waals surface area (Å²) in [5.74, 6) is 0.833. The standard InChI is InChI=1S/C6H16N2.C4H10/c1-4-8(3)6-5-7-2;1-4(2)3/h7H,4-6H2,1-3H3;4H,1-3H3. The third-order valence-corrected chi connectivity index (χ3v) is 1.28. The number of nitrogens with zero attached hydrogens (tertiary/aromatic N) is 1. The molecule has 0 saturated carbocycles. The van der Waals surface area contributed by atoms with Crippen molar-refractivity contribution in [2.45, 2.75) is 27.7 Å². The maximum Gasteiger partial charge on any atom is 0.0104 e. The lowest BCUT2D eigenvalue weighted by Gasteiger charge is -2.11. The number of likely N-dealkylation sites (N-methyl/N-ethyl adjacent to an activating group) is 2.